The van der Waals surface area contributed by atoms with Crippen LogP contribution in [0.1, 0.15) is 42.4 Å². The Balaban J connectivity index is 2.05. The number of aromatic nitrogens is 1. The number of nitrogens with zero attached hydrogens (tertiary/aromatic N) is 1. The number of rotatable bonds is 6. The Kier molecular flexibility index (Phi) is 4.90. The van der Waals surface area contributed by atoms with Crippen LogP contribution in [-0.2, 0) is 6.42 Å². The van der Waals surface area contributed by atoms with E-state index in [0.29, 0.717) is 6.04 Å². The van der Waals surface area contributed by atoms with Crippen LogP contribution in [0.2, 0.25) is 0 Å². The van der Waals surface area contributed by atoms with Crippen LogP contribution in [0.15, 0.2) is 35.8 Å². The molecular weight excluding hydrogens is 240 g/mol. The minimum absolute atomic E-state index is 0.418. The predicted molar refractivity (Wildman–Crippen MR) is 78.1 cm³/mol. The van der Waals surface area contributed by atoms with Crippen molar-refractivity contribution in [2.24, 2.45) is 0 Å². The van der Waals surface area contributed by atoms with Gasteiger partial charge in [0.15, 0.2) is 0 Å². The Morgan fingerprint density at radius 1 is 1.39 bits per heavy atom. The number of nitrogens with one attached hydrogen (secondary N) is 1. The quantitative estimate of drug-likeness (QED) is 0.854. The van der Waals surface area contributed by atoms with E-state index in [1.54, 1.807) is 11.3 Å². The van der Waals surface area contributed by atoms with Crippen LogP contribution in [-0.4, -0.2) is 11.5 Å². The molecule has 0 fully saturated rings. The first-order valence-electron chi connectivity index (χ1n) is 6.50. The number of thiazole rings is 1. The highest BCUT2D eigenvalue weighted by molar-refractivity contribution is 7.09. The lowest BCUT2D eigenvalue weighted by Gasteiger charge is -2.14. The van der Waals surface area contributed by atoms with E-state index in [0.717, 1.165) is 13.0 Å². The molecule has 0 aliphatic heterocycles. The van der Waals surface area contributed by atoms with Gasteiger partial charge in [-0.15, -0.1) is 11.3 Å². The molecule has 1 atom stereocenters. The Morgan fingerprint density at radius 3 is 3.00 bits per heavy atom. The lowest BCUT2D eigenvalue weighted by atomic mass is 10.0. The van der Waals surface area contributed by atoms with E-state index in [-0.39, 0.29) is 0 Å². The van der Waals surface area contributed by atoms with Crippen molar-refractivity contribution >= 4 is 11.3 Å². The van der Waals surface area contributed by atoms with E-state index >= 15 is 0 Å². The molecule has 1 heterocycles. The molecular formula is C15H20N2S. The second kappa shape index (κ2) is 6.66. The van der Waals surface area contributed by atoms with Gasteiger partial charge < -0.3 is 5.32 Å². The average molecular weight is 260 g/mol. The summed E-state index contributed by atoms with van der Waals surface area (Å²) in [7, 11) is 0. The van der Waals surface area contributed by atoms with Gasteiger partial charge in [-0.1, -0.05) is 31.2 Å². The number of hydrogen-bond acceptors (Lipinski definition) is 3. The van der Waals surface area contributed by atoms with E-state index in [4.69, 9.17) is 0 Å². The summed E-state index contributed by atoms with van der Waals surface area (Å²) in [6.45, 7) is 5.48. The fourth-order valence-electron chi connectivity index (χ4n) is 1.97. The molecule has 0 saturated carbocycles. The molecule has 0 spiro atoms. The lowest BCUT2D eigenvalue weighted by molar-refractivity contribution is 0.570. The largest absolute Gasteiger partial charge is 0.310 e. The van der Waals surface area contributed by atoms with Crippen molar-refractivity contribution in [1.82, 2.24) is 10.3 Å². The van der Waals surface area contributed by atoms with Crippen LogP contribution in [0.25, 0.3) is 0 Å². The van der Waals surface area contributed by atoms with Crippen molar-refractivity contribution in [3.63, 3.8) is 0 Å². The molecule has 0 bridgehead atoms. The van der Waals surface area contributed by atoms with E-state index in [9.17, 15) is 0 Å². The van der Waals surface area contributed by atoms with Gasteiger partial charge in [0.05, 0.1) is 5.01 Å². The molecule has 96 valence electrons. The lowest BCUT2D eigenvalue weighted by Crippen LogP contribution is -2.19. The maximum Gasteiger partial charge on any atom is 0.0968 e. The SMILES string of the molecule is CCCNC(C)c1cccc(Cc2nccs2)c1. The summed E-state index contributed by atoms with van der Waals surface area (Å²) < 4.78 is 0. The van der Waals surface area contributed by atoms with Crippen LogP contribution < -0.4 is 5.32 Å². The molecule has 2 aromatic rings. The maximum absolute atomic E-state index is 4.34. The molecule has 0 radical (unpaired) electrons. The van der Waals surface area contributed by atoms with Crippen LogP contribution in [0.4, 0.5) is 0 Å². The summed E-state index contributed by atoms with van der Waals surface area (Å²) in [6, 6.07) is 9.22. The van der Waals surface area contributed by atoms with Gasteiger partial charge in [0.2, 0.25) is 0 Å². The van der Waals surface area contributed by atoms with Crippen LogP contribution in [0, 0.1) is 0 Å². The van der Waals surface area contributed by atoms with Crippen molar-refractivity contribution in [2.75, 3.05) is 6.54 Å². The van der Waals surface area contributed by atoms with Gasteiger partial charge in [0, 0.05) is 24.0 Å². The first-order chi connectivity index (χ1) is 8.79. The zero-order chi connectivity index (χ0) is 12.8. The Hall–Kier alpha value is -1.19. The highest BCUT2D eigenvalue weighted by Crippen LogP contribution is 2.17. The second-order valence-corrected chi connectivity index (χ2v) is 5.50. The van der Waals surface area contributed by atoms with E-state index in [1.807, 2.05) is 11.6 Å². The second-order valence-electron chi connectivity index (χ2n) is 4.52. The number of hydrogen-bond donors (Lipinski definition) is 1. The van der Waals surface area contributed by atoms with Crippen molar-refractivity contribution in [3.05, 3.63) is 52.0 Å². The molecule has 0 amide bonds. The summed E-state index contributed by atoms with van der Waals surface area (Å²) in [6.07, 6.45) is 3.98. The minimum Gasteiger partial charge on any atom is -0.310 e. The molecule has 3 heteroatoms. The topological polar surface area (TPSA) is 24.9 Å². The highest BCUT2D eigenvalue weighted by Gasteiger charge is 2.05. The van der Waals surface area contributed by atoms with Gasteiger partial charge in [-0.05, 0) is 31.0 Å². The molecule has 1 aromatic carbocycles. The molecule has 0 aliphatic rings. The minimum atomic E-state index is 0.418. The molecule has 18 heavy (non-hydrogen) atoms. The molecule has 2 nitrogen and oxygen atoms in total. The standard InChI is InChI=1S/C15H20N2S/c1-3-7-16-12(2)14-6-4-5-13(10-14)11-15-17-8-9-18-15/h4-6,8-10,12,16H,3,7,11H2,1-2H3. The predicted octanol–water partition coefficient (Wildman–Crippen LogP) is 3.79. The van der Waals surface area contributed by atoms with Crippen molar-refractivity contribution in [2.45, 2.75) is 32.7 Å². The monoisotopic (exact) mass is 260 g/mol. The average Bonchev–Trinajstić information content (AvgIpc) is 2.89. The summed E-state index contributed by atoms with van der Waals surface area (Å²) in [5.41, 5.74) is 2.70. The zero-order valence-corrected chi connectivity index (χ0v) is 11.8. The van der Waals surface area contributed by atoms with Crippen LogP contribution in [0.3, 0.4) is 0 Å². The molecule has 0 aliphatic carbocycles. The van der Waals surface area contributed by atoms with Crippen molar-refractivity contribution < 1.29 is 0 Å². The van der Waals surface area contributed by atoms with Gasteiger partial charge in [0.25, 0.3) is 0 Å². The van der Waals surface area contributed by atoms with Crippen molar-refractivity contribution in [3.8, 4) is 0 Å². The van der Waals surface area contributed by atoms with E-state index < -0.39 is 0 Å². The number of benzene rings is 1. The Bertz CT molecular complexity index is 465. The third-order valence-electron chi connectivity index (χ3n) is 2.99. The summed E-state index contributed by atoms with van der Waals surface area (Å²) >= 11 is 1.72. The zero-order valence-electron chi connectivity index (χ0n) is 11.0. The Labute approximate surface area is 113 Å². The van der Waals surface area contributed by atoms with Gasteiger partial charge in [-0.3, -0.25) is 0 Å². The fourth-order valence-corrected chi connectivity index (χ4v) is 2.62. The van der Waals surface area contributed by atoms with E-state index in [1.165, 1.54) is 22.6 Å². The first-order valence-corrected chi connectivity index (χ1v) is 7.38. The fraction of sp³-hybridized carbons (Fsp3) is 0.400. The summed E-state index contributed by atoms with van der Waals surface area (Å²) in [5.74, 6) is 0. The molecule has 1 unspecified atom stereocenters. The highest BCUT2D eigenvalue weighted by atomic mass is 32.1. The summed E-state index contributed by atoms with van der Waals surface area (Å²) in [4.78, 5) is 4.34. The molecule has 2 rings (SSSR count). The van der Waals surface area contributed by atoms with E-state index in [2.05, 4.69) is 48.4 Å². The molecule has 1 aromatic heterocycles. The van der Waals surface area contributed by atoms with Gasteiger partial charge >= 0.3 is 0 Å². The van der Waals surface area contributed by atoms with Crippen LogP contribution >= 0.6 is 11.3 Å². The van der Waals surface area contributed by atoms with Crippen LogP contribution in [0.5, 0.6) is 0 Å². The molecule has 1 N–H and O–H groups in total. The normalized spacial score (nSPS) is 12.6. The first kappa shape index (κ1) is 13.2. The van der Waals surface area contributed by atoms with Gasteiger partial charge in [-0.25, -0.2) is 4.98 Å². The van der Waals surface area contributed by atoms with Gasteiger partial charge in [-0.2, -0.15) is 0 Å². The smallest absolute Gasteiger partial charge is 0.0968 e. The third kappa shape index (κ3) is 3.65. The summed E-state index contributed by atoms with van der Waals surface area (Å²) in [5, 5.41) is 6.74. The van der Waals surface area contributed by atoms with Gasteiger partial charge in [0.1, 0.15) is 0 Å². The van der Waals surface area contributed by atoms with Crippen molar-refractivity contribution in [1.29, 1.82) is 0 Å². The third-order valence-corrected chi connectivity index (χ3v) is 3.77. The maximum atomic E-state index is 4.34. The Morgan fingerprint density at radius 2 is 2.28 bits per heavy atom. The molecule has 0 saturated heterocycles.